The number of hydrogen-bond donors (Lipinski definition) is 1. The largest absolute Gasteiger partial charge is 0.496 e. The summed E-state index contributed by atoms with van der Waals surface area (Å²) in [7, 11) is 2.79. The van der Waals surface area contributed by atoms with Gasteiger partial charge in [0, 0.05) is 25.2 Å². The second-order valence-electron chi connectivity index (χ2n) is 6.80. The molecule has 1 saturated heterocycles. The number of carbonyl (C=O) groups is 3. The lowest BCUT2D eigenvalue weighted by Crippen LogP contribution is -2.25. The van der Waals surface area contributed by atoms with Gasteiger partial charge in [-0.1, -0.05) is 18.2 Å². The third-order valence-electron chi connectivity index (χ3n) is 4.84. The summed E-state index contributed by atoms with van der Waals surface area (Å²) in [6.07, 6.45) is 1.70. The van der Waals surface area contributed by atoms with E-state index in [2.05, 4.69) is 5.32 Å². The first kappa shape index (κ1) is 20.4. The normalized spacial score (nSPS) is 13.3. The summed E-state index contributed by atoms with van der Waals surface area (Å²) in [5, 5.41) is 2.85. The zero-order valence-corrected chi connectivity index (χ0v) is 16.6. The van der Waals surface area contributed by atoms with Crippen molar-refractivity contribution in [3.8, 4) is 5.75 Å². The average Bonchev–Trinajstić information content (AvgIpc) is 3.18. The van der Waals surface area contributed by atoms with E-state index >= 15 is 0 Å². The Morgan fingerprint density at radius 2 is 1.79 bits per heavy atom. The predicted octanol–water partition coefficient (Wildman–Crippen LogP) is 2.47. The first-order chi connectivity index (χ1) is 14.0. The van der Waals surface area contributed by atoms with Crippen molar-refractivity contribution in [1.29, 1.82) is 0 Å². The topological polar surface area (TPSA) is 84.9 Å². The molecule has 2 aromatic carbocycles. The standard InChI is InChI=1S/C22H24N2O5/c1-28-19-10-7-16(12-18(19)22(27)29-2)14-23-20(25)13-15-5-8-17(9-6-15)24-11-3-4-21(24)26/h5-10,12H,3-4,11,13-14H2,1-2H3,(H,23,25). The van der Waals surface area contributed by atoms with Gasteiger partial charge in [0.1, 0.15) is 11.3 Å². The van der Waals surface area contributed by atoms with E-state index in [0.717, 1.165) is 29.8 Å². The van der Waals surface area contributed by atoms with E-state index in [1.165, 1.54) is 14.2 Å². The van der Waals surface area contributed by atoms with Crippen molar-refractivity contribution in [2.45, 2.75) is 25.8 Å². The second kappa shape index (κ2) is 9.23. The summed E-state index contributed by atoms with van der Waals surface area (Å²) in [5.41, 5.74) is 2.81. The highest BCUT2D eigenvalue weighted by Gasteiger charge is 2.21. The Bertz CT molecular complexity index is 908. The van der Waals surface area contributed by atoms with E-state index in [1.54, 1.807) is 23.1 Å². The molecule has 0 unspecified atom stereocenters. The number of methoxy groups -OCH3 is 2. The van der Waals surface area contributed by atoms with Crippen molar-refractivity contribution >= 4 is 23.5 Å². The first-order valence-electron chi connectivity index (χ1n) is 9.43. The molecule has 0 aromatic heterocycles. The average molecular weight is 396 g/mol. The third kappa shape index (κ3) is 4.93. The van der Waals surface area contributed by atoms with Crippen molar-refractivity contribution in [3.63, 3.8) is 0 Å². The fourth-order valence-corrected chi connectivity index (χ4v) is 3.30. The predicted molar refractivity (Wildman–Crippen MR) is 108 cm³/mol. The molecule has 1 aliphatic heterocycles. The number of esters is 1. The summed E-state index contributed by atoms with van der Waals surface area (Å²) < 4.78 is 9.93. The van der Waals surface area contributed by atoms with Gasteiger partial charge in [-0.05, 0) is 41.8 Å². The number of ether oxygens (including phenoxy) is 2. The summed E-state index contributed by atoms with van der Waals surface area (Å²) in [6.45, 7) is 1.03. The van der Waals surface area contributed by atoms with Gasteiger partial charge in [0.05, 0.1) is 20.6 Å². The quantitative estimate of drug-likeness (QED) is 0.727. The minimum absolute atomic E-state index is 0.134. The van der Waals surface area contributed by atoms with Gasteiger partial charge >= 0.3 is 5.97 Å². The molecule has 0 aliphatic carbocycles. The van der Waals surface area contributed by atoms with Crippen LogP contribution < -0.4 is 15.0 Å². The molecule has 1 fully saturated rings. The van der Waals surface area contributed by atoms with Crippen LogP contribution in [0.25, 0.3) is 0 Å². The maximum absolute atomic E-state index is 12.3. The molecule has 0 bridgehead atoms. The van der Waals surface area contributed by atoms with Gasteiger partial charge in [0.15, 0.2) is 0 Å². The van der Waals surface area contributed by atoms with Gasteiger partial charge in [-0.2, -0.15) is 0 Å². The van der Waals surface area contributed by atoms with Gasteiger partial charge in [-0.3, -0.25) is 9.59 Å². The van der Waals surface area contributed by atoms with E-state index < -0.39 is 5.97 Å². The lowest BCUT2D eigenvalue weighted by atomic mass is 10.1. The lowest BCUT2D eigenvalue weighted by Gasteiger charge is -2.16. The van der Waals surface area contributed by atoms with Crippen LogP contribution >= 0.6 is 0 Å². The smallest absolute Gasteiger partial charge is 0.341 e. The molecule has 1 N–H and O–H groups in total. The molecule has 0 saturated carbocycles. The van der Waals surface area contributed by atoms with E-state index in [-0.39, 0.29) is 24.8 Å². The van der Waals surface area contributed by atoms with Crippen LogP contribution in [0.4, 0.5) is 5.69 Å². The maximum Gasteiger partial charge on any atom is 0.341 e. The highest BCUT2D eigenvalue weighted by Crippen LogP contribution is 2.22. The Labute approximate surface area is 169 Å². The molecule has 0 spiro atoms. The van der Waals surface area contributed by atoms with Gasteiger partial charge in [0.25, 0.3) is 0 Å². The molecule has 3 rings (SSSR count). The van der Waals surface area contributed by atoms with Crippen molar-refractivity contribution in [2.24, 2.45) is 0 Å². The number of hydrogen-bond acceptors (Lipinski definition) is 5. The van der Waals surface area contributed by atoms with Crippen molar-refractivity contribution in [2.75, 3.05) is 25.7 Å². The fourth-order valence-electron chi connectivity index (χ4n) is 3.30. The Morgan fingerprint density at radius 3 is 2.41 bits per heavy atom. The minimum atomic E-state index is -0.494. The minimum Gasteiger partial charge on any atom is -0.496 e. The van der Waals surface area contributed by atoms with Crippen LogP contribution in [0.3, 0.4) is 0 Å². The SMILES string of the molecule is COC(=O)c1cc(CNC(=O)Cc2ccc(N3CCCC3=O)cc2)ccc1OC. The summed E-state index contributed by atoms with van der Waals surface area (Å²) in [5.74, 6) is -0.0677. The van der Waals surface area contributed by atoms with Crippen LogP contribution in [-0.4, -0.2) is 38.5 Å². The van der Waals surface area contributed by atoms with Gasteiger partial charge in [-0.15, -0.1) is 0 Å². The number of nitrogens with one attached hydrogen (secondary N) is 1. The molecule has 0 atom stereocenters. The van der Waals surface area contributed by atoms with Crippen LogP contribution in [0.15, 0.2) is 42.5 Å². The number of nitrogens with zero attached hydrogens (tertiary/aromatic N) is 1. The van der Waals surface area contributed by atoms with Crippen LogP contribution in [0.1, 0.15) is 34.3 Å². The molecular weight excluding hydrogens is 372 g/mol. The number of benzene rings is 2. The molecule has 7 heteroatoms. The van der Waals surface area contributed by atoms with E-state index in [1.807, 2.05) is 24.3 Å². The molecule has 7 nitrogen and oxygen atoms in total. The van der Waals surface area contributed by atoms with Crippen LogP contribution in [0.2, 0.25) is 0 Å². The number of carbonyl (C=O) groups excluding carboxylic acids is 3. The van der Waals surface area contributed by atoms with Crippen molar-refractivity contribution in [1.82, 2.24) is 5.32 Å². The Kier molecular flexibility index (Phi) is 6.49. The van der Waals surface area contributed by atoms with Crippen LogP contribution in [0.5, 0.6) is 5.75 Å². The number of rotatable bonds is 7. The van der Waals surface area contributed by atoms with Crippen LogP contribution in [0, 0.1) is 0 Å². The molecule has 0 radical (unpaired) electrons. The molecule has 29 heavy (non-hydrogen) atoms. The van der Waals surface area contributed by atoms with Crippen LogP contribution in [-0.2, 0) is 27.3 Å². The number of amides is 2. The molecule has 1 aliphatic rings. The maximum atomic E-state index is 12.3. The van der Waals surface area contributed by atoms with Crippen molar-refractivity contribution in [3.05, 3.63) is 59.2 Å². The Hall–Kier alpha value is -3.35. The molecule has 2 amide bonds. The summed E-state index contributed by atoms with van der Waals surface area (Å²) >= 11 is 0. The second-order valence-corrected chi connectivity index (χ2v) is 6.80. The zero-order valence-electron chi connectivity index (χ0n) is 16.6. The van der Waals surface area contributed by atoms with Crippen molar-refractivity contribution < 1.29 is 23.9 Å². The van der Waals surface area contributed by atoms with Gasteiger partial charge in [-0.25, -0.2) is 4.79 Å². The van der Waals surface area contributed by atoms with Gasteiger partial charge in [0.2, 0.25) is 11.8 Å². The highest BCUT2D eigenvalue weighted by molar-refractivity contribution is 5.95. The fraction of sp³-hybridized carbons (Fsp3) is 0.318. The molecular formula is C22H24N2O5. The molecule has 2 aromatic rings. The summed E-state index contributed by atoms with van der Waals surface area (Å²) in [6, 6.07) is 12.6. The van der Waals surface area contributed by atoms with E-state index in [4.69, 9.17) is 9.47 Å². The summed E-state index contributed by atoms with van der Waals surface area (Å²) in [4.78, 5) is 37.7. The molecule has 1 heterocycles. The highest BCUT2D eigenvalue weighted by atomic mass is 16.5. The monoisotopic (exact) mass is 396 g/mol. The third-order valence-corrected chi connectivity index (χ3v) is 4.84. The number of anilines is 1. The Balaban J connectivity index is 1.57. The Morgan fingerprint density at radius 1 is 1.07 bits per heavy atom. The molecule has 152 valence electrons. The van der Waals surface area contributed by atoms with Gasteiger partial charge < -0.3 is 19.7 Å². The zero-order chi connectivity index (χ0) is 20.8. The van der Waals surface area contributed by atoms with E-state index in [0.29, 0.717) is 17.7 Å². The van der Waals surface area contributed by atoms with E-state index in [9.17, 15) is 14.4 Å². The first-order valence-corrected chi connectivity index (χ1v) is 9.43. The lowest BCUT2D eigenvalue weighted by molar-refractivity contribution is -0.120.